The molecule has 112 valence electrons. The Kier molecular flexibility index (Phi) is 3.83. The number of nitrogens with one attached hydrogen (secondary N) is 1. The summed E-state index contributed by atoms with van der Waals surface area (Å²) in [6, 6.07) is 10.4. The number of hydrogen-bond donors (Lipinski definition) is 1. The van der Waals surface area contributed by atoms with Crippen LogP contribution in [0.5, 0.6) is 0 Å². The molecule has 21 heavy (non-hydrogen) atoms. The fourth-order valence-electron chi connectivity index (χ4n) is 4.62. The predicted octanol–water partition coefficient (Wildman–Crippen LogP) is 3.40. The van der Waals surface area contributed by atoms with Gasteiger partial charge in [0.25, 0.3) is 0 Å². The van der Waals surface area contributed by atoms with E-state index in [0.29, 0.717) is 12.3 Å². The summed E-state index contributed by atoms with van der Waals surface area (Å²) in [5.41, 5.74) is 1.12. The van der Waals surface area contributed by atoms with Crippen LogP contribution in [0.25, 0.3) is 0 Å². The van der Waals surface area contributed by atoms with E-state index >= 15 is 0 Å². The van der Waals surface area contributed by atoms with E-state index in [4.69, 9.17) is 0 Å². The Bertz CT molecular complexity index is 539. The fraction of sp³-hybridized carbons (Fsp3) is 0.556. The van der Waals surface area contributed by atoms with Gasteiger partial charge in [-0.25, -0.2) is 0 Å². The van der Waals surface area contributed by atoms with Crippen molar-refractivity contribution in [3.63, 3.8) is 0 Å². The average Bonchev–Trinajstić information content (AvgIpc) is 2.48. The minimum absolute atomic E-state index is 0.0410. The van der Waals surface area contributed by atoms with Gasteiger partial charge in [0.2, 0.25) is 11.8 Å². The lowest BCUT2D eigenvalue weighted by Crippen LogP contribution is -2.55. The second kappa shape index (κ2) is 5.63. The Morgan fingerprint density at radius 3 is 2.67 bits per heavy atom. The van der Waals surface area contributed by atoms with E-state index in [0.717, 1.165) is 25.7 Å². The molecule has 3 unspecified atom stereocenters. The molecular weight excluding hydrogens is 262 g/mol. The van der Waals surface area contributed by atoms with Crippen LogP contribution in [-0.2, 0) is 9.59 Å². The Balaban J connectivity index is 2.05. The molecule has 1 spiro atoms. The smallest absolute Gasteiger partial charge is 0.230 e. The molecule has 3 heteroatoms. The number of carbonyl (C=O) groups excluding carboxylic acids is 2. The van der Waals surface area contributed by atoms with Crippen molar-refractivity contribution in [2.75, 3.05) is 0 Å². The van der Waals surface area contributed by atoms with Gasteiger partial charge in [-0.2, -0.15) is 0 Å². The van der Waals surface area contributed by atoms with Crippen molar-refractivity contribution in [3.05, 3.63) is 35.9 Å². The van der Waals surface area contributed by atoms with Crippen LogP contribution in [0.15, 0.2) is 30.3 Å². The lowest BCUT2D eigenvalue weighted by Gasteiger charge is -2.50. The van der Waals surface area contributed by atoms with Crippen molar-refractivity contribution in [2.45, 2.75) is 51.4 Å². The molecule has 3 nitrogen and oxygen atoms in total. The second-order valence-corrected chi connectivity index (χ2v) is 6.49. The molecule has 1 saturated carbocycles. The molecule has 2 amide bonds. The molecule has 1 heterocycles. The summed E-state index contributed by atoms with van der Waals surface area (Å²) in [4.78, 5) is 24.4. The number of amides is 2. The highest BCUT2D eigenvalue weighted by atomic mass is 16.2. The van der Waals surface area contributed by atoms with E-state index in [1.165, 1.54) is 12.0 Å². The standard InChI is InChI=1S/C18H23NO2/c1-2-14-17(21)19-16(20)12-18(14)11-7-6-10-15(18)13-8-4-3-5-9-13/h3-5,8-9,14-15H,2,6-7,10-12H2,1H3,(H,19,20,21). The Morgan fingerprint density at radius 1 is 1.19 bits per heavy atom. The normalized spacial score (nSPS) is 33.0. The first-order valence-corrected chi connectivity index (χ1v) is 8.06. The first-order valence-electron chi connectivity index (χ1n) is 8.06. The third-order valence-corrected chi connectivity index (χ3v) is 5.45. The van der Waals surface area contributed by atoms with Crippen LogP contribution in [0.1, 0.15) is 56.9 Å². The van der Waals surface area contributed by atoms with Gasteiger partial charge in [-0.1, -0.05) is 50.1 Å². The van der Waals surface area contributed by atoms with Gasteiger partial charge in [-0.05, 0) is 36.2 Å². The predicted molar refractivity (Wildman–Crippen MR) is 81.6 cm³/mol. The lowest BCUT2D eigenvalue weighted by atomic mass is 9.54. The van der Waals surface area contributed by atoms with Crippen molar-refractivity contribution >= 4 is 11.8 Å². The van der Waals surface area contributed by atoms with E-state index in [1.54, 1.807) is 0 Å². The molecule has 0 radical (unpaired) electrons. The van der Waals surface area contributed by atoms with E-state index < -0.39 is 0 Å². The van der Waals surface area contributed by atoms with Crippen LogP contribution in [0, 0.1) is 11.3 Å². The van der Waals surface area contributed by atoms with Gasteiger partial charge in [0.05, 0.1) is 0 Å². The number of piperidine rings is 1. The highest BCUT2D eigenvalue weighted by Gasteiger charge is 2.53. The maximum atomic E-state index is 12.4. The third kappa shape index (κ3) is 2.39. The van der Waals surface area contributed by atoms with Crippen molar-refractivity contribution in [2.24, 2.45) is 11.3 Å². The number of carbonyl (C=O) groups is 2. The molecule has 1 aromatic rings. The SMILES string of the molecule is CCC1C(=O)NC(=O)CC12CCCCC2c1ccccc1. The Morgan fingerprint density at radius 2 is 1.95 bits per heavy atom. The zero-order valence-corrected chi connectivity index (χ0v) is 12.6. The number of benzene rings is 1. The molecule has 3 rings (SSSR count). The molecule has 0 bridgehead atoms. The van der Waals surface area contributed by atoms with Crippen LogP contribution < -0.4 is 5.32 Å². The van der Waals surface area contributed by atoms with Crippen LogP contribution in [0.2, 0.25) is 0 Å². The van der Waals surface area contributed by atoms with Gasteiger partial charge in [0.1, 0.15) is 0 Å². The van der Waals surface area contributed by atoms with Crippen molar-refractivity contribution in [3.8, 4) is 0 Å². The second-order valence-electron chi connectivity index (χ2n) is 6.49. The molecule has 1 aliphatic carbocycles. The Labute approximate surface area is 126 Å². The van der Waals surface area contributed by atoms with Gasteiger partial charge < -0.3 is 0 Å². The van der Waals surface area contributed by atoms with Crippen molar-refractivity contribution in [1.82, 2.24) is 5.32 Å². The van der Waals surface area contributed by atoms with Gasteiger partial charge >= 0.3 is 0 Å². The first-order chi connectivity index (χ1) is 10.2. The van der Waals surface area contributed by atoms with Crippen LogP contribution in [0.3, 0.4) is 0 Å². The third-order valence-electron chi connectivity index (χ3n) is 5.45. The van der Waals surface area contributed by atoms with Crippen LogP contribution in [0.4, 0.5) is 0 Å². The summed E-state index contributed by atoms with van der Waals surface area (Å²) < 4.78 is 0. The average molecular weight is 285 g/mol. The zero-order chi connectivity index (χ0) is 14.9. The zero-order valence-electron chi connectivity index (χ0n) is 12.6. The van der Waals surface area contributed by atoms with Gasteiger partial charge in [-0.3, -0.25) is 14.9 Å². The molecule has 1 aliphatic heterocycles. The monoisotopic (exact) mass is 285 g/mol. The Hall–Kier alpha value is -1.64. The highest BCUT2D eigenvalue weighted by Crippen LogP contribution is 2.56. The van der Waals surface area contributed by atoms with E-state index in [2.05, 4.69) is 36.5 Å². The van der Waals surface area contributed by atoms with Crippen LogP contribution >= 0.6 is 0 Å². The maximum Gasteiger partial charge on any atom is 0.230 e. The number of imide groups is 1. The quantitative estimate of drug-likeness (QED) is 0.846. The van der Waals surface area contributed by atoms with E-state index in [1.807, 2.05) is 6.07 Å². The molecular formula is C18H23NO2. The van der Waals surface area contributed by atoms with E-state index in [-0.39, 0.29) is 23.1 Å². The van der Waals surface area contributed by atoms with Gasteiger partial charge in [-0.15, -0.1) is 0 Å². The first kappa shape index (κ1) is 14.3. The van der Waals surface area contributed by atoms with Gasteiger partial charge in [0, 0.05) is 12.3 Å². The summed E-state index contributed by atoms with van der Waals surface area (Å²) >= 11 is 0. The topological polar surface area (TPSA) is 46.2 Å². The maximum absolute atomic E-state index is 12.4. The molecule has 1 N–H and O–H groups in total. The summed E-state index contributed by atoms with van der Waals surface area (Å²) in [5.74, 6) is 0.136. The molecule has 1 saturated heterocycles. The minimum Gasteiger partial charge on any atom is -0.296 e. The molecule has 0 aromatic heterocycles. The van der Waals surface area contributed by atoms with Crippen molar-refractivity contribution in [1.29, 1.82) is 0 Å². The molecule has 2 aliphatic rings. The van der Waals surface area contributed by atoms with E-state index in [9.17, 15) is 9.59 Å². The largest absolute Gasteiger partial charge is 0.296 e. The molecule has 3 atom stereocenters. The highest BCUT2D eigenvalue weighted by molar-refractivity contribution is 5.99. The minimum atomic E-state index is -0.173. The fourth-order valence-corrected chi connectivity index (χ4v) is 4.62. The molecule has 1 aromatic carbocycles. The summed E-state index contributed by atoms with van der Waals surface area (Å²) in [5, 5.41) is 2.55. The number of hydrogen-bond acceptors (Lipinski definition) is 2. The number of rotatable bonds is 2. The molecule has 2 fully saturated rings. The summed E-state index contributed by atoms with van der Waals surface area (Å²) in [7, 11) is 0. The van der Waals surface area contributed by atoms with Crippen LogP contribution in [-0.4, -0.2) is 11.8 Å². The lowest BCUT2D eigenvalue weighted by molar-refractivity contribution is -0.147. The summed E-state index contributed by atoms with van der Waals surface area (Å²) in [6.07, 6.45) is 5.69. The van der Waals surface area contributed by atoms with Gasteiger partial charge in [0.15, 0.2) is 0 Å². The van der Waals surface area contributed by atoms with Crippen molar-refractivity contribution < 1.29 is 9.59 Å². The summed E-state index contributed by atoms with van der Waals surface area (Å²) in [6.45, 7) is 2.07.